The lowest BCUT2D eigenvalue weighted by Crippen LogP contribution is -2.26. The van der Waals surface area contributed by atoms with Crippen molar-refractivity contribution in [2.75, 3.05) is 0 Å². The van der Waals surface area contributed by atoms with Crippen molar-refractivity contribution in [2.24, 2.45) is 5.92 Å². The fourth-order valence-corrected chi connectivity index (χ4v) is 1.43. The Balaban J connectivity index is 1.99. The van der Waals surface area contributed by atoms with Gasteiger partial charge in [-0.3, -0.25) is 4.79 Å². The van der Waals surface area contributed by atoms with Gasteiger partial charge in [0.25, 0.3) is 0 Å². The van der Waals surface area contributed by atoms with E-state index in [2.05, 4.69) is 10.3 Å². The van der Waals surface area contributed by atoms with Gasteiger partial charge in [-0.15, -0.1) is 0 Å². The molecule has 1 amide bonds. The smallest absolute Gasteiger partial charge is 0.224 e. The summed E-state index contributed by atoms with van der Waals surface area (Å²) in [5.74, 6) is 0.385. The van der Waals surface area contributed by atoms with Crippen molar-refractivity contribution >= 4 is 5.91 Å². The molecule has 0 saturated heterocycles. The van der Waals surface area contributed by atoms with Gasteiger partial charge < -0.3 is 9.88 Å². The zero-order valence-electron chi connectivity index (χ0n) is 7.18. The highest BCUT2D eigenvalue weighted by Gasteiger charge is 2.14. The van der Waals surface area contributed by atoms with Gasteiger partial charge in [-0.25, -0.2) is 4.98 Å². The van der Waals surface area contributed by atoms with Crippen molar-refractivity contribution in [1.82, 2.24) is 14.9 Å². The molecule has 0 spiro atoms. The SMILES string of the molecule is O=C1CC(Cn2ccnc2)C=CN1. The van der Waals surface area contributed by atoms with Crippen LogP contribution in [0.3, 0.4) is 0 Å². The van der Waals surface area contributed by atoms with Crippen LogP contribution in [0.5, 0.6) is 0 Å². The van der Waals surface area contributed by atoms with Crippen molar-refractivity contribution in [3.8, 4) is 0 Å². The van der Waals surface area contributed by atoms with Crippen molar-refractivity contribution in [1.29, 1.82) is 0 Å². The van der Waals surface area contributed by atoms with Crippen molar-refractivity contribution in [3.63, 3.8) is 0 Å². The van der Waals surface area contributed by atoms with E-state index in [4.69, 9.17) is 0 Å². The summed E-state index contributed by atoms with van der Waals surface area (Å²) in [5, 5.41) is 2.65. The standard InChI is InChI=1S/C9H11N3O/c13-9-5-8(1-2-11-9)6-12-4-3-10-7-12/h1-4,7-8H,5-6H2,(H,11,13). The average molecular weight is 177 g/mol. The molecule has 0 fully saturated rings. The molecule has 1 atom stereocenters. The predicted octanol–water partition coefficient (Wildman–Crippen LogP) is 0.533. The Kier molecular flexibility index (Phi) is 2.12. The van der Waals surface area contributed by atoms with Gasteiger partial charge in [0.05, 0.1) is 6.33 Å². The quantitative estimate of drug-likeness (QED) is 0.716. The lowest BCUT2D eigenvalue weighted by molar-refractivity contribution is -0.121. The van der Waals surface area contributed by atoms with Crippen LogP contribution in [0.2, 0.25) is 0 Å². The lowest BCUT2D eigenvalue weighted by atomic mass is 10.0. The predicted molar refractivity (Wildman–Crippen MR) is 47.6 cm³/mol. The molecule has 0 bridgehead atoms. The van der Waals surface area contributed by atoms with E-state index in [1.807, 2.05) is 16.8 Å². The normalized spacial score (nSPS) is 21.5. The van der Waals surface area contributed by atoms with Gasteiger partial charge in [0.2, 0.25) is 5.91 Å². The molecule has 0 aliphatic carbocycles. The highest BCUT2D eigenvalue weighted by Crippen LogP contribution is 2.11. The number of allylic oxidation sites excluding steroid dienone is 1. The van der Waals surface area contributed by atoms with Crippen LogP contribution < -0.4 is 5.32 Å². The minimum absolute atomic E-state index is 0.0904. The van der Waals surface area contributed by atoms with Crippen LogP contribution in [0.4, 0.5) is 0 Å². The summed E-state index contributed by atoms with van der Waals surface area (Å²) in [6.07, 6.45) is 9.71. The first-order valence-electron chi connectivity index (χ1n) is 4.26. The first kappa shape index (κ1) is 8.04. The zero-order valence-corrected chi connectivity index (χ0v) is 7.18. The second-order valence-corrected chi connectivity index (χ2v) is 3.15. The fourth-order valence-electron chi connectivity index (χ4n) is 1.43. The van der Waals surface area contributed by atoms with Crippen LogP contribution in [0.25, 0.3) is 0 Å². The summed E-state index contributed by atoms with van der Waals surface area (Å²) in [6, 6.07) is 0. The summed E-state index contributed by atoms with van der Waals surface area (Å²) in [5.41, 5.74) is 0. The lowest BCUT2D eigenvalue weighted by Gasteiger charge is -2.16. The number of amides is 1. The summed E-state index contributed by atoms with van der Waals surface area (Å²) in [4.78, 5) is 15.0. The first-order valence-corrected chi connectivity index (χ1v) is 4.26. The summed E-state index contributed by atoms with van der Waals surface area (Å²) in [7, 11) is 0. The molecule has 2 rings (SSSR count). The number of hydrogen-bond acceptors (Lipinski definition) is 2. The highest BCUT2D eigenvalue weighted by atomic mass is 16.1. The number of nitrogens with zero attached hydrogens (tertiary/aromatic N) is 2. The van der Waals surface area contributed by atoms with Crippen LogP contribution in [0.1, 0.15) is 6.42 Å². The molecule has 1 aliphatic rings. The number of hydrogen-bond donors (Lipinski definition) is 1. The fraction of sp³-hybridized carbons (Fsp3) is 0.333. The highest BCUT2D eigenvalue weighted by molar-refractivity contribution is 5.78. The molecule has 68 valence electrons. The van der Waals surface area contributed by atoms with E-state index in [1.54, 1.807) is 18.7 Å². The molecule has 13 heavy (non-hydrogen) atoms. The topological polar surface area (TPSA) is 46.9 Å². The maximum atomic E-state index is 11.0. The van der Waals surface area contributed by atoms with E-state index in [-0.39, 0.29) is 5.91 Å². The molecule has 4 nitrogen and oxygen atoms in total. The zero-order chi connectivity index (χ0) is 9.10. The van der Waals surface area contributed by atoms with Crippen LogP contribution in [-0.4, -0.2) is 15.5 Å². The molecule has 0 aromatic carbocycles. The van der Waals surface area contributed by atoms with Crippen LogP contribution >= 0.6 is 0 Å². The monoisotopic (exact) mass is 177 g/mol. The van der Waals surface area contributed by atoms with Crippen LogP contribution in [0, 0.1) is 5.92 Å². The van der Waals surface area contributed by atoms with E-state index < -0.39 is 0 Å². The third kappa shape index (κ3) is 1.96. The van der Waals surface area contributed by atoms with Gasteiger partial charge in [-0.05, 0) is 0 Å². The molecule has 2 heterocycles. The van der Waals surface area contributed by atoms with E-state index in [0.717, 1.165) is 6.54 Å². The van der Waals surface area contributed by atoms with Crippen molar-refractivity contribution < 1.29 is 4.79 Å². The van der Waals surface area contributed by atoms with Gasteiger partial charge in [-0.1, -0.05) is 6.08 Å². The number of carbonyl (C=O) groups is 1. The Morgan fingerprint density at radius 2 is 2.62 bits per heavy atom. The van der Waals surface area contributed by atoms with Crippen LogP contribution in [-0.2, 0) is 11.3 Å². The maximum absolute atomic E-state index is 11.0. The summed E-state index contributed by atoms with van der Waals surface area (Å²) < 4.78 is 1.98. The Labute approximate surface area is 76.3 Å². The molecular formula is C9H11N3O. The number of rotatable bonds is 2. The molecule has 1 aromatic heterocycles. The average Bonchev–Trinajstić information content (AvgIpc) is 2.57. The third-order valence-corrected chi connectivity index (χ3v) is 2.06. The van der Waals surface area contributed by atoms with E-state index in [9.17, 15) is 4.79 Å². The Morgan fingerprint density at radius 1 is 1.69 bits per heavy atom. The molecule has 0 saturated carbocycles. The van der Waals surface area contributed by atoms with Crippen LogP contribution in [0.15, 0.2) is 31.0 Å². The number of carbonyl (C=O) groups excluding carboxylic acids is 1. The minimum atomic E-state index is 0.0904. The molecule has 1 aliphatic heterocycles. The van der Waals surface area contributed by atoms with E-state index in [1.165, 1.54) is 0 Å². The first-order chi connectivity index (χ1) is 6.34. The molecule has 1 aromatic rings. The third-order valence-electron chi connectivity index (χ3n) is 2.06. The summed E-state index contributed by atoms with van der Waals surface area (Å²) >= 11 is 0. The number of imidazole rings is 1. The Bertz CT molecular complexity index is 316. The van der Waals surface area contributed by atoms with Gasteiger partial charge in [0, 0.05) is 37.5 Å². The van der Waals surface area contributed by atoms with Gasteiger partial charge in [0.15, 0.2) is 0 Å². The second kappa shape index (κ2) is 3.43. The van der Waals surface area contributed by atoms with Gasteiger partial charge in [0.1, 0.15) is 0 Å². The van der Waals surface area contributed by atoms with E-state index >= 15 is 0 Å². The Hall–Kier alpha value is -1.58. The molecule has 4 heteroatoms. The molecular weight excluding hydrogens is 166 g/mol. The van der Waals surface area contributed by atoms with Gasteiger partial charge in [-0.2, -0.15) is 0 Å². The molecule has 0 radical (unpaired) electrons. The number of nitrogens with one attached hydrogen (secondary N) is 1. The summed E-state index contributed by atoms with van der Waals surface area (Å²) in [6.45, 7) is 0.823. The van der Waals surface area contributed by atoms with Crippen molar-refractivity contribution in [2.45, 2.75) is 13.0 Å². The second-order valence-electron chi connectivity index (χ2n) is 3.15. The van der Waals surface area contributed by atoms with Crippen molar-refractivity contribution in [3.05, 3.63) is 31.0 Å². The molecule has 1 N–H and O–H groups in total. The van der Waals surface area contributed by atoms with Gasteiger partial charge >= 0.3 is 0 Å². The maximum Gasteiger partial charge on any atom is 0.224 e. The largest absolute Gasteiger partial charge is 0.337 e. The number of aromatic nitrogens is 2. The molecule has 1 unspecified atom stereocenters. The Morgan fingerprint density at radius 3 is 3.31 bits per heavy atom. The minimum Gasteiger partial charge on any atom is -0.337 e. The van der Waals surface area contributed by atoms with E-state index in [0.29, 0.717) is 12.3 Å².